The summed E-state index contributed by atoms with van der Waals surface area (Å²) in [6.07, 6.45) is 0.327. The lowest BCUT2D eigenvalue weighted by atomic mass is 9.99. The normalized spacial score (nSPS) is 15.5. The molecule has 0 aliphatic carbocycles. The molecule has 8 nitrogen and oxygen atoms in total. The van der Waals surface area contributed by atoms with Crippen molar-refractivity contribution in [1.82, 2.24) is 9.80 Å². The van der Waals surface area contributed by atoms with Gasteiger partial charge >= 0.3 is 5.97 Å². The first kappa shape index (κ1) is 22.6. The summed E-state index contributed by atoms with van der Waals surface area (Å²) < 4.78 is 13.3. The molecule has 0 spiro atoms. The highest BCUT2D eigenvalue weighted by Crippen LogP contribution is 2.29. The number of nitro groups is 1. The second-order valence-electron chi connectivity index (χ2n) is 7.25. The van der Waals surface area contributed by atoms with E-state index < -0.39 is 10.9 Å². The number of amides is 1. The fourth-order valence-electron chi connectivity index (χ4n) is 3.71. The number of carbonyl (C=O) groups is 2. The average Bonchev–Trinajstić information content (AvgIpc) is 2.75. The highest BCUT2D eigenvalue weighted by Gasteiger charge is 2.29. The van der Waals surface area contributed by atoms with Crippen LogP contribution in [0.25, 0.3) is 0 Å². The van der Waals surface area contributed by atoms with Gasteiger partial charge in [-0.3, -0.25) is 24.6 Å². The number of halogens is 2. The van der Waals surface area contributed by atoms with Crippen molar-refractivity contribution in [1.29, 1.82) is 0 Å². The maximum Gasteiger partial charge on any atom is 0.303 e. The molecule has 0 radical (unpaired) electrons. The number of benzene rings is 2. The number of hydrogen-bond acceptors (Lipinski definition) is 5. The van der Waals surface area contributed by atoms with E-state index in [9.17, 15) is 24.1 Å². The van der Waals surface area contributed by atoms with Crippen LogP contribution in [0.5, 0.6) is 0 Å². The summed E-state index contributed by atoms with van der Waals surface area (Å²) in [7, 11) is 0. The molecule has 10 heteroatoms. The molecule has 0 bridgehead atoms. The molecule has 164 valence electrons. The largest absolute Gasteiger partial charge is 0.481 e. The van der Waals surface area contributed by atoms with E-state index in [2.05, 4.69) is 4.90 Å². The Hall–Kier alpha value is -3.04. The van der Waals surface area contributed by atoms with E-state index >= 15 is 0 Å². The number of carboxylic acids is 1. The third-order valence-corrected chi connectivity index (χ3v) is 5.64. The quantitative estimate of drug-likeness (QED) is 0.510. The second kappa shape index (κ2) is 9.84. The van der Waals surface area contributed by atoms with Crippen LogP contribution in [-0.2, 0) is 4.79 Å². The number of carboxylic acid groups (broad SMARTS) is 1. The highest BCUT2D eigenvalue weighted by molar-refractivity contribution is 6.32. The van der Waals surface area contributed by atoms with Crippen LogP contribution in [0, 0.1) is 15.9 Å². The maximum atomic E-state index is 13.3. The van der Waals surface area contributed by atoms with Gasteiger partial charge < -0.3 is 10.0 Å². The Morgan fingerprint density at radius 2 is 1.77 bits per heavy atom. The van der Waals surface area contributed by atoms with E-state index in [1.807, 2.05) is 0 Å². The third-order valence-electron chi connectivity index (χ3n) is 5.32. The maximum absolute atomic E-state index is 13.3. The molecule has 1 aliphatic heterocycles. The van der Waals surface area contributed by atoms with Gasteiger partial charge in [0.2, 0.25) is 0 Å². The molecule has 0 unspecified atom stereocenters. The molecule has 1 aliphatic rings. The molecule has 1 N–H and O–H groups in total. The van der Waals surface area contributed by atoms with Crippen LogP contribution in [0.3, 0.4) is 0 Å². The Labute approximate surface area is 183 Å². The molecule has 1 atom stereocenters. The van der Waals surface area contributed by atoms with Crippen molar-refractivity contribution in [3.05, 3.63) is 74.5 Å². The SMILES string of the molecule is O=C(O)CC[C@H](c1ccc(F)cc1)N1CCN(C(=O)c2ccc(Cl)c([N+](=O)[O-])c2)CC1. The average molecular weight is 450 g/mol. The molecule has 1 saturated heterocycles. The molecule has 1 amide bonds. The van der Waals surface area contributed by atoms with Gasteiger partial charge in [0.25, 0.3) is 11.6 Å². The van der Waals surface area contributed by atoms with Crippen molar-refractivity contribution in [3.63, 3.8) is 0 Å². The first-order valence-corrected chi connectivity index (χ1v) is 10.1. The molecule has 3 rings (SSSR count). The van der Waals surface area contributed by atoms with Crippen molar-refractivity contribution in [2.75, 3.05) is 26.2 Å². The minimum atomic E-state index is -0.912. The van der Waals surface area contributed by atoms with E-state index in [0.29, 0.717) is 32.6 Å². The summed E-state index contributed by atoms with van der Waals surface area (Å²) in [5.41, 5.74) is 0.678. The molecule has 2 aromatic carbocycles. The number of aliphatic carboxylic acids is 1. The van der Waals surface area contributed by atoms with Crippen molar-refractivity contribution < 1.29 is 24.0 Å². The Bertz CT molecular complexity index is 977. The van der Waals surface area contributed by atoms with Crippen LogP contribution in [0.15, 0.2) is 42.5 Å². The zero-order chi connectivity index (χ0) is 22.5. The van der Waals surface area contributed by atoms with Gasteiger partial charge in [0, 0.05) is 50.3 Å². The van der Waals surface area contributed by atoms with Gasteiger partial charge in [-0.25, -0.2) is 4.39 Å². The Morgan fingerprint density at radius 3 is 2.35 bits per heavy atom. The summed E-state index contributed by atoms with van der Waals surface area (Å²) in [6.45, 7) is 1.73. The molecule has 2 aromatic rings. The summed E-state index contributed by atoms with van der Waals surface area (Å²) >= 11 is 5.82. The van der Waals surface area contributed by atoms with Gasteiger partial charge in [-0.05, 0) is 36.2 Å². The minimum Gasteiger partial charge on any atom is -0.481 e. The number of carbonyl (C=O) groups excluding carboxylic acids is 1. The summed E-state index contributed by atoms with van der Waals surface area (Å²) in [6, 6.07) is 9.72. The predicted octanol–water partition coefficient (Wildman–Crippen LogP) is 3.75. The Kier molecular flexibility index (Phi) is 7.19. The second-order valence-corrected chi connectivity index (χ2v) is 7.66. The highest BCUT2D eigenvalue weighted by atomic mass is 35.5. The number of piperazine rings is 1. The van der Waals surface area contributed by atoms with E-state index in [-0.39, 0.29) is 40.5 Å². The number of nitrogens with zero attached hydrogens (tertiary/aromatic N) is 3. The molecule has 31 heavy (non-hydrogen) atoms. The molecular formula is C21H21ClFN3O5. The van der Waals surface area contributed by atoms with Crippen LogP contribution in [0.1, 0.15) is 34.8 Å². The first-order chi connectivity index (χ1) is 14.8. The third kappa shape index (κ3) is 5.56. The number of hydrogen-bond donors (Lipinski definition) is 1. The van der Waals surface area contributed by atoms with Crippen molar-refractivity contribution in [3.8, 4) is 0 Å². The van der Waals surface area contributed by atoms with Gasteiger partial charge in [-0.2, -0.15) is 0 Å². The summed E-state index contributed by atoms with van der Waals surface area (Å²) in [5.74, 6) is -1.61. The minimum absolute atomic E-state index is 0.0321. The van der Waals surface area contributed by atoms with Gasteiger partial charge in [0.15, 0.2) is 0 Å². The van der Waals surface area contributed by atoms with E-state index in [0.717, 1.165) is 5.56 Å². The molecule has 0 aromatic heterocycles. The molecule has 0 saturated carbocycles. The topological polar surface area (TPSA) is 104 Å². The number of rotatable bonds is 7. The zero-order valence-electron chi connectivity index (χ0n) is 16.5. The van der Waals surface area contributed by atoms with Crippen molar-refractivity contribution in [2.24, 2.45) is 0 Å². The number of nitro benzene ring substituents is 1. The smallest absolute Gasteiger partial charge is 0.303 e. The fraction of sp³-hybridized carbons (Fsp3) is 0.333. The summed E-state index contributed by atoms with van der Waals surface area (Å²) in [4.78, 5) is 38.0. The molecule has 1 heterocycles. The van der Waals surface area contributed by atoms with E-state index in [4.69, 9.17) is 16.7 Å². The van der Waals surface area contributed by atoms with Crippen LogP contribution in [0.2, 0.25) is 5.02 Å². The van der Waals surface area contributed by atoms with E-state index in [1.54, 1.807) is 17.0 Å². The fourth-order valence-corrected chi connectivity index (χ4v) is 3.90. The monoisotopic (exact) mass is 449 g/mol. The molecule has 1 fully saturated rings. The van der Waals surface area contributed by atoms with E-state index in [1.165, 1.54) is 30.3 Å². The molecular weight excluding hydrogens is 429 g/mol. The standard InChI is InChI=1S/C21H21ClFN3O5/c22-17-6-3-15(13-19(17)26(30)31)21(29)25-11-9-24(10-12-25)18(7-8-20(27)28)14-1-4-16(23)5-2-14/h1-6,13,18H,7-12H2,(H,27,28)/t18-/m1/s1. The van der Waals surface area contributed by atoms with Crippen molar-refractivity contribution in [2.45, 2.75) is 18.9 Å². The lowest BCUT2D eigenvalue weighted by Crippen LogP contribution is -2.49. The van der Waals surface area contributed by atoms with Crippen molar-refractivity contribution >= 4 is 29.2 Å². The zero-order valence-corrected chi connectivity index (χ0v) is 17.3. The van der Waals surface area contributed by atoms with Gasteiger partial charge in [0.1, 0.15) is 10.8 Å². The Balaban J connectivity index is 1.70. The predicted molar refractivity (Wildman–Crippen MR) is 112 cm³/mol. The lowest BCUT2D eigenvalue weighted by molar-refractivity contribution is -0.384. The van der Waals surface area contributed by atoms with Crippen LogP contribution >= 0.6 is 11.6 Å². The first-order valence-electron chi connectivity index (χ1n) is 9.71. The summed E-state index contributed by atoms with van der Waals surface area (Å²) in [5, 5.41) is 20.1. The van der Waals surface area contributed by atoms with Crippen LogP contribution in [0.4, 0.5) is 10.1 Å². The van der Waals surface area contributed by atoms with Gasteiger partial charge in [-0.1, -0.05) is 23.7 Å². The van der Waals surface area contributed by atoms with Gasteiger partial charge in [0.05, 0.1) is 4.92 Å². The van der Waals surface area contributed by atoms with Crippen LogP contribution in [-0.4, -0.2) is 57.9 Å². The van der Waals surface area contributed by atoms with Crippen LogP contribution < -0.4 is 0 Å². The van der Waals surface area contributed by atoms with Gasteiger partial charge in [-0.15, -0.1) is 0 Å². The Morgan fingerprint density at radius 1 is 1.13 bits per heavy atom. The lowest BCUT2D eigenvalue weighted by Gasteiger charge is -2.39.